The number of aromatic nitrogens is 1. The van der Waals surface area contributed by atoms with E-state index in [9.17, 15) is 26.7 Å². The molecule has 4 nitrogen and oxygen atoms in total. The van der Waals surface area contributed by atoms with E-state index in [-0.39, 0.29) is 30.5 Å². The van der Waals surface area contributed by atoms with Gasteiger partial charge in [0.05, 0.1) is 17.5 Å². The van der Waals surface area contributed by atoms with Crippen molar-refractivity contribution in [2.24, 2.45) is 5.73 Å². The summed E-state index contributed by atoms with van der Waals surface area (Å²) < 4.78 is 76.2. The van der Waals surface area contributed by atoms with Crippen LogP contribution in [0.15, 0.2) is 97.2 Å². The highest BCUT2D eigenvalue weighted by Crippen LogP contribution is 2.45. The van der Waals surface area contributed by atoms with Crippen LogP contribution in [0.5, 0.6) is 0 Å². The van der Waals surface area contributed by atoms with E-state index in [1.54, 1.807) is 60.7 Å². The molecule has 4 rings (SSSR count). The van der Waals surface area contributed by atoms with Crippen molar-refractivity contribution in [2.45, 2.75) is 36.5 Å². The molecule has 0 spiro atoms. The number of pyridine rings is 1. The maximum atomic E-state index is 14.9. The van der Waals surface area contributed by atoms with Crippen LogP contribution in [0.1, 0.15) is 40.8 Å². The van der Waals surface area contributed by atoms with Gasteiger partial charge in [0, 0.05) is 12.5 Å². The van der Waals surface area contributed by atoms with E-state index in [4.69, 9.17) is 10.5 Å². The average Bonchev–Trinajstić information content (AvgIpc) is 2.93. The number of amides is 1. The first-order chi connectivity index (χ1) is 19.0. The zero-order valence-electron chi connectivity index (χ0n) is 21.6. The van der Waals surface area contributed by atoms with Crippen LogP contribution >= 0.6 is 0 Å². The molecular weight excluding hydrogens is 527 g/mol. The lowest BCUT2D eigenvalue weighted by molar-refractivity contribution is -0.142. The molecule has 3 aromatic carbocycles. The molecule has 1 heterocycles. The summed E-state index contributed by atoms with van der Waals surface area (Å²) in [5.74, 6) is -2.56. The Labute approximate surface area is 228 Å². The van der Waals surface area contributed by atoms with Gasteiger partial charge in [0.15, 0.2) is 5.60 Å². The Bertz CT molecular complexity index is 1450. The van der Waals surface area contributed by atoms with E-state index in [2.05, 4.69) is 4.98 Å². The molecule has 1 amide bonds. The van der Waals surface area contributed by atoms with Crippen molar-refractivity contribution in [2.75, 3.05) is 7.11 Å². The summed E-state index contributed by atoms with van der Waals surface area (Å²) in [5.41, 5.74) is 2.87. The minimum absolute atomic E-state index is 0.0367. The number of nitrogens with two attached hydrogens (primary N) is 1. The van der Waals surface area contributed by atoms with E-state index in [1.165, 1.54) is 13.2 Å². The van der Waals surface area contributed by atoms with Gasteiger partial charge in [-0.1, -0.05) is 60.7 Å². The van der Waals surface area contributed by atoms with Crippen LogP contribution in [0.3, 0.4) is 0 Å². The Morgan fingerprint density at radius 2 is 1.43 bits per heavy atom. The number of halogens is 5. The van der Waals surface area contributed by atoms with E-state index >= 15 is 0 Å². The van der Waals surface area contributed by atoms with Crippen LogP contribution in [-0.2, 0) is 33.1 Å². The summed E-state index contributed by atoms with van der Waals surface area (Å²) in [6.07, 6.45) is -3.99. The van der Waals surface area contributed by atoms with Gasteiger partial charge in [0.25, 0.3) is 5.91 Å². The molecule has 2 atom stereocenters. The summed E-state index contributed by atoms with van der Waals surface area (Å²) in [5, 5.41) is 0. The number of nitrogens with zero attached hydrogens (tertiary/aromatic N) is 1. The molecule has 0 fully saturated rings. The zero-order valence-corrected chi connectivity index (χ0v) is 21.6. The number of benzene rings is 3. The molecule has 208 valence electrons. The van der Waals surface area contributed by atoms with Crippen LogP contribution in [0, 0.1) is 11.6 Å². The minimum Gasteiger partial charge on any atom is -0.367 e. The van der Waals surface area contributed by atoms with Crippen LogP contribution in [0.2, 0.25) is 0 Å². The van der Waals surface area contributed by atoms with Gasteiger partial charge < -0.3 is 10.5 Å². The summed E-state index contributed by atoms with van der Waals surface area (Å²) >= 11 is 0. The third-order valence-electron chi connectivity index (χ3n) is 7.23. The molecule has 0 saturated carbocycles. The predicted octanol–water partition coefficient (Wildman–Crippen LogP) is 6.71. The molecule has 0 bridgehead atoms. The molecule has 0 aliphatic rings. The lowest BCUT2D eigenvalue weighted by atomic mass is 9.67. The van der Waals surface area contributed by atoms with Gasteiger partial charge in [0.2, 0.25) is 0 Å². The van der Waals surface area contributed by atoms with Crippen LogP contribution in [0.4, 0.5) is 22.0 Å². The number of carbonyl (C=O) groups is 1. The fraction of sp³-hybridized carbons (Fsp3) is 0.226. The topological polar surface area (TPSA) is 65.2 Å². The minimum atomic E-state index is -4.83. The number of carbonyl (C=O) groups excluding carboxylic acids is 1. The lowest BCUT2D eigenvalue weighted by Crippen LogP contribution is -2.45. The van der Waals surface area contributed by atoms with Crippen molar-refractivity contribution < 1.29 is 31.5 Å². The largest absolute Gasteiger partial charge is 0.416 e. The zero-order chi connectivity index (χ0) is 29.0. The molecule has 0 aliphatic carbocycles. The molecule has 0 radical (unpaired) electrons. The maximum absolute atomic E-state index is 14.9. The Morgan fingerprint density at radius 3 is 1.98 bits per heavy atom. The van der Waals surface area contributed by atoms with Crippen molar-refractivity contribution in [1.29, 1.82) is 0 Å². The van der Waals surface area contributed by atoms with Crippen molar-refractivity contribution >= 4 is 5.91 Å². The van der Waals surface area contributed by atoms with Gasteiger partial charge in [-0.15, -0.1) is 0 Å². The summed E-state index contributed by atoms with van der Waals surface area (Å²) in [7, 11) is 1.32. The molecule has 0 saturated heterocycles. The second-order valence-electron chi connectivity index (χ2n) is 9.59. The van der Waals surface area contributed by atoms with Gasteiger partial charge in [0.1, 0.15) is 11.6 Å². The average molecular weight is 555 g/mol. The Hall–Kier alpha value is -4.11. The Kier molecular flexibility index (Phi) is 8.34. The normalized spacial score (nSPS) is 14.8. The first-order valence-corrected chi connectivity index (χ1v) is 12.4. The number of methoxy groups -OCH3 is 1. The molecule has 2 N–H and O–H groups in total. The van der Waals surface area contributed by atoms with Gasteiger partial charge >= 0.3 is 6.18 Å². The van der Waals surface area contributed by atoms with Gasteiger partial charge in [-0.2, -0.15) is 13.2 Å². The van der Waals surface area contributed by atoms with Crippen molar-refractivity contribution in [3.8, 4) is 0 Å². The first kappa shape index (κ1) is 28.9. The van der Waals surface area contributed by atoms with E-state index in [0.717, 1.165) is 24.4 Å². The van der Waals surface area contributed by atoms with E-state index in [1.807, 2.05) is 0 Å². The second kappa shape index (κ2) is 11.6. The fourth-order valence-electron chi connectivity index (χ4n) is 5.16. The highest BCUT2D eigenvalue weighted by atomic mass is 19.4. The molecule has 40 heavy (non-hydrogen) atoms. The monoisotopic (exact) mass is 554 g/mol. The third-order valence-corrected chi connectivity index (χ3v) is 7.23. The highest BCUT2D eigenvalue weighted by molar-refractivity contribution is 5.85. The number of hydrogen-bond donors (Lipinski definition) is 1. The van der Waals surface area contributed by atoms with Crippen LogP contribution < -0.4 is 5.73 Å². The van der Waals surface area contributed by atoms with Crippen molar-refractivity contribution in [1.82, 2.24) is 4.98 Å². The van der Waals surface area contributed by atoms with E-state index < -0.39 is 40.3 Å². The van der Waals surface area contributed by atoms with Crippen LogP contribution in [-0.4, -0.2) is 18.0 Å². The molecule has 0 aliphatic heterocycles. The molecular formula is C31H27F5N2O2. The van der Waals surface area contributed by atoms with Crippen LogP contribution in [0.25, 0.3) is 0 Å². The first-order valence-electron chi connectivity index (χ1n) is 12.4. The highest BCUT2D eigenvalue weighted by Gasteiger charge is 2.45. The molecule has 1 unspecified atom stereocenters. The van der Waals surface area contributed by atoms with Crippen molar-refractivity contribution in [3.63, 3.8) is 0 Å². The second-order valence-corrected chi connectivity index (χ2v) is 9.59. The number of hydrogen-bond acceptors (Lipinski definition) is 3. The fourth-order valence-corrected chi connectivity index (χ4v) is 5.16. The Morgan fingerprint density at radius 1 is 0.800 bits per heavy atom. The lowest BCUT2D eigenvalue weighted by Gasteiger charge is -2.39. The third kappa shape index (κ3) is 5.89. The SMILES string of the molecule is COC(CC[C@@](Cc1ccccc1)(c1cc(F)cc(C(F)(F)F)c1)c1ccc(F)cn1)(C(N)=O)c1ccccc1. The number of rotatable bonds is 10. The summed E-state index contributed by atoms with van der Waals surface area (Å²) in [6.45, 7) is 0. The summed E-state index contributed by atoms with van der Waals surface area (Å²) in [6, 6.07) is 22.1. The predicted molar refractivity (Wildman–Crippen MR) is 140 cm³/mol. The molecule has 9 heteroatoms. The van der Waals surface area contributed by atoms with Gasteiger partial charge in [-0.05, 0) is 66.3 Å². The maximum Gasteiger partial charge on any atom is 0.416 e. The molecule has 4 aromatic rings. The molecule has 1 aromatic heterocycles. The van der Waals surface area contributed by atoms with Gasteiger partial charge in [-0.3, -0.25) is 9.78 Å². The standard InChI is InChI=1S/C31H27F5N2O2/c1-40-30(28(37)39,22-10-6-3-7-11-22)15-14-29(19-21-8-4-2-5-9-21,27-13-12-25(32)20-38-27)23-16-24(31(34,35)36)18-26(33)17-23/h2-13,16-18,20H,14-15,19H2,1H3,(H2,37,39)/t29-,30?/m1/s1. The smallest absolute Gasteiger partial charge is 0.367 e. The summed E-state index contributed by atoms with van der Waals surface area (Å²) in [4.78, 5) is 17.2. The number of alkyl halides is 3. The van der Waals surface area contributed by atoms with Crippen molar-refractivity contribution in [3.05, 3.63) is 137 Å². The Balaban J connectivity index is 1.98. The van der Waals surface area contributed by atoms with E-state index in [0.29, 0.717) is 17.2 Å². The van der Waals surface area contributed by atoms with Gasteiger partial charge in [-0.25, -0.2) is 8.78 Å². The number of ether oxygens (including phenoxy) is 1. The number of primary amides is 1. The quantitative estimate of drug-likeness (QED) is 0.222.